The summed E-state index contributed by atoms with van der Waals surface area (Å²) in [6, 6.07) is 11.1. The standard InChI is InChI=1S/C15H20N2OS/c1-11(13-7-8-18-10-13)17-15-16-9-14(19-15)12-5-3-2-4-6-12/h2-6,11,13-14H,7-10H2,1H3,(H,16,17). The average Bonchev–Trinajstić information content (AvgIpc) is 3.11. The summed E-state index contributed by atoms with van der Waals surface area (Å²) in [5.41, 5.74) is 1.37. The fourth-order valence-corrected chi connectivity index (χ4v) is 3.67. The lowest BCUT2D eigenvalue weighted by Crippen LogP contribution is -2.36. The smallest absolute Gasteiger partial charge is 0.157 e. The van der Waals surface area contributed by atoms with Crippen molar-refractivity contribution in [3.8, 4) is 0 Å². The van der Waals surface area contributed by atoms with Crippen LogP contribution >= 0.6 is 11.8 Å². The van der Waals surface area contributed by atoms with E-state index in [1.807, 2.05) is 11.8 Å². The molecule has 2 aliphatic rings. The van der Waals surface area contributed by atoms with Crippen molar-refractivity contribution in [1.82, 2.24) is 5.32 Å². The molecule has 0 spiro atoms. The number of ether oxygens (including phenoxy) is 1. The van der Waals surface area contributed by atoms with E-state index < -0.39 is 0 Å². The number of benzene rings is 1. The highest BCUT2D eigenvalue weighted by molar-refractivity contribution is 8.14. The first-order valence-corrected chi connectivity index (χ1v) is 7.81. The van der Waals surface area contributed by atoms with E-state index in [0.29, 0.717) is 17.2 Å². The Morgan fingerprint density at radius 3 is 2.95 bits per heavy atom. The third kappa shape index (κ3) is 3.12. The van der Waals surface area contributed by atoms with Crippen LogP contribution in [0.25, 0.3) is 0 Å². The highest BCUT2D eigenvalue weighted by Gasteiger charge is 2.26. The van der Waals surface area contributed by atoms with E-state index in [0.717, 1.165) is 31.3 Å². The van der Waals surface area contributed by atoms with Gasteiger partial charge in [-0.15, -0.1) is 0 Å². The Kier molecular flexibility index (Phi) is 4.09. The third-order valence-corrected chi connectivity index (χ3v) is 5.03. The van der Waals surface area contributed by atoms with Gasteiger partial charge in [-0.2, -0.15) is 0 Å². The molecule has 3 rings (SSSR count). The van der Waals surface area contributed by atoms with Crippen LogP contribution in [0.1, 0.15) is 24.2 Å². The Hall–Kier alpha value is -1.00. The summed E-state index contributed by atoms with van der Waals surface area (Å²) in [7, 11) is 0. The molecule has 102 valence electrons. The SMILES string of the molecule is CC(NC1=NCC(c2ccccc2)S1)C1CCOC1. The third-order valence-electron chi connectivity index (χ3n) is 3.85. The lowest BCUT2D eigenvalue weighted by Gasteiger charge is -2.20. The first kappa shape index (κ1) is 13.0. The molecular formula is C15H20N2OS. The minimum absolute atomic E-state index is 0.447. The Morgan fingerprint density at radius 2 is 2.21 bits per heavy atom. The number of aliphatic imine (C=N–C) groups is 1. The first-order chi connectivity index (χ1) is 9.33. The summed E-state index contributed by atoms with van der Waals surface area (Å²) in [6.07, 6.45) is 1.16. The van der Waals surface area contributed by atoms with Gasteiger partial charge < -0.3 is 10.1 Å². The monoisotopic (exact) mass is 276 g/mol. The summed E-state index contributed by atoms with van der Waals surface area (Å²) in [4.78, 5) is 4.63. The molecular weight excluding hydrogens is 256 g/mol. The molecule has 19 heavy (non-hydrogen) atoms. The first-order valence-electron chi connectivity index (χ1n) is 6.93. The molecule has 1 N–H and O–H groups in total. The Labute approximate surface area is 118 Å². The highest BCUT2D eigenvalue weighted by Crippen LogP contribution is 2.34. The summed E-state index contributed by atoms with van der Waals surface area (Å²) < 4.78 is 5.45. The van der Waals surface area contributed by atoms with Gasteiger partial charge in [-0.3, -0.25) is 4.99 Å². The molecule has 4 heteroatoms. The fourth-order valence-electron chi connectivity index (χ4n) is 2.56. The molecule has 3 atom stereocenters. The van der Waals surface area contributed by atoms with Crippen molar-refractivity contribution in [1.29, 1.82) is 0 Å². The lowest BCUT2D eigenvalue weighted by molar-refractivity contribution is 0.180. The van der Waals surface area contributed by atoms with Crippen LogP contribution in [0.3, 0.4) is 0 Å². The van der Waals surface area contributed by atoms with Gasteiger partial charge in [0.2, 0.25) is 0 Å². The normalized spacial score (nSPS) is 28.2. The van der Waals surface area contributed by atoms with Crippen LogP contribution in [0.4, 0.5) is 0 Å². The van der Waals surface area contributed by atoms with Crippen molar-refractivity contribution in [2.24, 2.45) is 10.9 Å². The molecule has 0 aromatic heterocycles. The predicted molar refractivity (Wildman–Crippen MR) is 80.6 cm³/mol. The number of rotatable bonds is 3. The van der Waals surface area contributed by atoms with E-state index in [2.05, 4.69) is 47.6 Å². The van der Waals surface area contributed by atoms with E-state index in [4.69, 9.17) is 4.74 Å². The largest absolute Gasteiger partial charge is 0.381 e. The minimum Gasteiger partial charge on any atom is -0.381 e. The Bertz CT molecular complexity index is 443. The second-order valence-electron chi connectivity index (χ2n) is 5.22. The molecule has 0 saturated carbocycles. The number of hydrogen-bond donors (Lipinski definition) is 1. The molecule has 2 aliphatic heterocycles. The van der Waals surface area contributed by atoms with Crippen LogP contribution in [-0.2, 0) is 4.74 Å². The second kappa shape index (κ2) is 5.97. The van der Waals surface area contributed by atoms with Gasteiger partial charge in [-0.1, -0.05) is 42.1 Å². The van der Waals surface area contributed by atoms with Crippen molar-refractivity contribution >= 4 is 16.9 Å². The number of thioether (sulfide) groups is 1. The van der Waals surface area contributed by atoms with Gasteiger partial charge in [0.15, 0.2) is 5.17 Å². The van der Waals surface area contributed by atoms with Crippen LogP contribution < -0.4 is 5.32 Å². The summed E-state index contributed by atoms with van der Waals surface area (Å²) >= 11 is 1.85. The number of hydrogen-bond acceptors (Lipinski definition) is 4. The van der Waals surface area contributed by atoms with E-state index in [9.17, 15) is 0 Å². The zero-order valence-electron chi connectivity index (χ0n) is 11.2. The average molecular weight is 276 g/mol. The molecule has 1 saturated heterocycles. The molecule has 3 nitrogen and oxygen atoms in total. The van der Waals surface area contributed by atoms with Crippen LogP contribution in [-0.4, -0.2) is 31.0 Å². The number of nitrogens with zero attached hydrogens (tertiary/aromatic N) is 1. The van der Waals surface area contributed by atoms with E-state index in [-0.39, 0.29) is 0 Å². The molecule has 1 aromatic carbocycles. The maximum Gasteiger partial charge on any atom is 0.157 e. The molecule has 0 aliphatic carbocycles. The Morgan fingerprint density at radius 1 is 1.37 bits per heavy atom. The fraction of sp³-hybridized carbons (Fsp3) is 0.533. The highest BCUT2D eigenvalue weighted by atomic mass is 32.2. The summed E-state index contributed by atoms with van der Waals surface area (Å²) in [5.74, 6) is 0.624. The van der Waals surface area contributed by atoms with Crippen LogP contribution in [0, 0.1) is 5.92 Å². The summed E-state index contributed by atoms with van der Waals surface area (Å²) in [6.45, 7) is 4.90. The van der Waals surface area contributed by atoms with Gasteiger partial charge >= 0.3 is 0 Å². The number of amidine groups is 1. The quantitative estimate of drug-likeness (QED) is 0.921. The van der Waals surface area contributed by atoms with Gasteiger partial charge in [0.25, 0.3) is 0 Å². The number of nitrogens with one attached hydrogen (secondary N) is 1. The van der Waals surface area contributed by atoms with Crippen LogP contribution in [0.2, 0.25) is 0 Å². The minimum atomic E-state index is 0.447. The van der Waals surface area contributed by atoms with Gasteiger partial charge in [-0.05, 0) is 18.9 Å². The topological polar surface area (TPSA) is 33.6 Å². The van der Waals surface area contributed by atoms with E-state index in [1.165, 1.54) is 5.56 Å². The second-order valence-corrected chi connectivity index (χ2v) is 6.41. The predicted octanol–water partition coefficient (Wildman–Crippen LogP) is 2.85. The van der Waals surface area contributed by atoms with Gasteiger partial charge in [-0.25, -0.2) is 0 Å². The van der Waals surface area contributed by atoms with Crippen molar-refractivity contribution in [2.45, 2.75) is 24.6 Å². The van der Waals surface area contributed by atoms with E-state index >= 15 is 0 Å². The zero-order chi connectivity index (χ0) is 13.1. The van der Waals surface area contributed by atoms with Gasteiger partial charge in [0, 0.05) is 18.6 Å². The van der Waals surface area contributed by atoms with Gasteiger partial charge in [0.05, 0.1) is 18.4 Å². The van der Waals surface area contributed by atoms with E-state index in [1.54, 1.807) is 0 Å². The molecule has 1 aromatic rings. The molecule has 0 bridgehead atoms. The van der Waals surface area contributed by atoms with Gasteiger partial charge in [0.1, 0.15) is 0 Å². The van der Waals surface area contributed by atoms with Crippen molar-refractivity contribution in [3.05, 3.63) is 35.9 Å². The zero-order valence-corrected chi connectivity index (χ0v) is 12.0. The summed E-state index contributed by atoms with van der Waals surface area (Å²) in [5, 5.41) is 5.11. The van der Waals surface area contributed by atoms with Crippen LogP contribution in [0.15, 0.2) is 35.3 Å². The molecule has 1 fully saturated rings. The van der Waals surface area contributed by atoms with Crippen molar-refractivity contribution in [2.75, 3.05) is 19.8 Å². The maximum atomic E-state index is 5.45. The van der Waals surface area contributed by atoms with Crippen LogP contribution in [0.5, 0.6) is 0 Å². The maximum absolute atomic E-state index is 5.45. The molecule has 3 unspecified atom stereocenters. The lowest BCUT2D eigenvalue weighted by atomic mass is 10.0. The molecule has 2 heterocycles. The van der Waals surface area contributed by atoms with Crippen molar-refractivity contribution < 1.29 is 4.74 Å². The molecule has 0 amide bonds. The molecule has 0 radical (unpaired) electrons. The Balaban J connectivity index is 1.54. The van der Waals surface area contributed by atoms with Crippen molar-refractivity contribution in [3.63, 3.8) is 0 Å².